The molecule has 0 radical (unpaired) electrons. The van der Waals surface area contributed by atoms with E-state index in [1.807, 2.05) is 11.9 Å². The minimum Gasteiger partial charge on any atom is -0.373 e. The number of aromatic amines is 1. The van der Waals surface area contributed by atoms with Crippen molar-refractivity contribution >= 4 is 17.4 Å². The zero-order chi connectivity index (χ0) is 12.3. The van der Waals surface area contributed by atoms with Gasteiger partial charge in [0.05, 0.1) is 19.0 Å². The summed E-state index contributed by atoms with van der Waals surface area (Å²) in [6, 6.07) is 0. The second-order valence-electron chi connectivity index (χ2n) is 3.87. The molecule has 1 unspecified atom stereocenters. The maximum Gasteiger partial charge on any atom is 0.271 e. The molecule has 1 aliphatic heterocycles. The quantitative estimate of drug-likeness (QED) is 0.789. The number of anilines is 1. The summed E-state index contributed by atoms with van der Waals surface area (Å²) in [7, 11) is 1.88. The van der Waals surface area contributed by atoms with E-state index in [2.05, 4.69) is 15.3 Å². The van der Waals surface area contributed by atoms with Crippen LogP contribution in [-0.4, -0.2) is 49.4 Å². The van der Waals surface area contributed by atoms with Crippen LogP contribution in [0.15, 0.2) is 11.1 Å². The molecule has 94 valence electrons. The lowest BCUT2D eigenvalue weighted by atomic mass is 10.2. The Morgan fingerprint density at radius 2 is 2.59 bits per heavy atom. The molecule has 0 bridgehead atoms. The molecule has 1 aromatic heterocycles. The molecule has 0 aromatic carbocycles. The van der Waals surface area contributed by atoms with E-state index in [9.17, 15) is 4.79 Å². The largest absolute Gasteiger partial charge is 0.373 e. The molecule has 2 heterocycles. The number of rotatable bonds is 3. The van der Waals surface area contributed by atoms with Crippen LogP contribution in [0.5, 0.6) is 0 Å². The molecular weight excluding hydrogens is 244 g/mol. The summed E-state index contributed by atoms with van der Waals surface area (Å²) in [6.45, 7) is 2.74. The van der Waals surface area contributed by atoms with Crippen LogP contribution in [0.2, 0.25) is 5.02 Å². The maximum absolute atomic E-state index is 11.4. The molecule has 2 N–H and O–H groups in total. The smallest absolute Gasteiger partial charge is 0.271 e. The average molecular weight is 259 g/mol. The Balaban J connectivity index is 2.16. The predicted octanol–water partition coefficient (Wildman–Crippen LogP) is -0.152. The van der Waals surface area contributed by atoms with Crippen molar-refractivity contribution in [2.45, 2.75) is 6.10 Å². The van der Waals surface area contributed by atoms with Crippen LogP contribution in [0.25, 0.3) is 0 Å². The Labute approximate surface area is 104 Å². The number of aromatic nitrogens is 2. The summed E-state index contributed by atoms with van der Waals surface area (Å²) in [4.78, 5) is 19.9. The molecule has 0 amide bonds. The van der Waals surface area contributed by atoms with Crippen molar-refractivity contribution in [3.8, 4) is 0 Å². The molecule has 1 aromatic rings. The zero-order valence-corrected chi connectivity index (χ0v) is 10.3. The fourth-order valence-corrected chi connectivity index (χ4v) is 2.08. The molecule has 7 heteroatoms. The highest BCUT2D eigenvalue weighted by Gasteiger charge is 2.23. The fraction of sp³-hybridized carbons (Fsp3) is 0.600. The van der Waals surface area contributed by atoms with Gasteiger partial charge in [-0.15, -0.1) is 0 Å². The lowest BCUT2D eigenvalue weighted by Crippen LogP contribution is -2.47. The number of morpholine rings is 1. The van der Waals surface area contributed by atoms with E-state index in [1.165, 1.54) is 6.33 Å². The van der Waals surface area contributed by atoms with Crippen molar-refractivity contribution < 1.29 is 4.74 Å². The fourth-order valence-electron chi connectivity index (χ4n) is 1.86. The molecular formula is C10H15ClN4O2. The van der Waals surface area contributed by atoms with Crippen LogP contribution in [-0.2, 0) is 4.74 Å². The van der Waals surface area contributed by atoms with Gasteiger partial charge in [-0.25, -0.2) is 4.98 Å². The van der Waals surface area contributed by atoms with Gasteiger partial charge in [-0.05, 0) is 7.05 Å². The SMILES string of the molecule is CNCC1CN(c2nc[nH]c(=O)c2Cl)CCO1. The maximum atomic E-state index is 11.4. The van der Waals surface area contributed by atoms with E-state index in [-0.39, 0.29) is 16.7 Å². The van der Waals surface area contributed by atoms with Gasteiger partial charge in [0.1, 0.15) is 5.02 Å². The summed E-state index contributed by atoms with van der Waals surface area (Å²) >= 11 is 5.95. The number of hydrogen-bond donors (Lipinski definition) is 2. The second-order valence-corrected chi connectivity index (χ2v) is 4.24. The first-order valence-corrected chi connectivity index (χ1v) is 5.84. The van der Waals surface area contributed by atoms with E-state index in [0.717, 1.165) is 6.54 Å². The van der Waals surface area contributed by atoms with Crippen molar-refractivity contribution in [1.29, 1.82) is 0 Å². The lowest BCUT2D eigenvalue weighted by molar-refractivity contribution is 0.0419. The molecule has 0 spiro atoms. The Kier molecular flexibility index (Phi) is 3.98. The van der Waals surface area contributed by atoms with Crippen molar-refractivity contribution in [3.05, 3.63) is 21.7 Å². The molecule has 1 fully saturated rings. The lowest BCUT2D eigenvalue weighted by Gasteiger charge is -2.33. The summed E-state index contributed by atoms with van der Waals surface area (Å²) < 4.78 is 5.58. The first kappa shape index (κ1) is 12.3. The van der Waals surface area contributed by atoms with Crippen molar-refractivity contribution in [1.82, 2.24) is 15.3 Å². The number of hydrogen-bond acceptors (Lipinski definition) is 5. The number of H-pyrrole nitrogens is 1. The van der Waals surface area contributed by atoms with E-state index >= 15 is 0 Å². The first-order valence-electron chi connectivity index (χ1n) is 5.46. The minimum atomic E-state index is -0.312. The van der Waals surface area contributed by atoms with Crippen molar-refractivity contribution in [3.63, 3.8) is 0 Å². The van der Waals surface area contributed by atoms with Crippen LogP contribution in [0.4, 0.5) is 5.82 Å². The number of nitrogens with zero attached hydrogens (tertiary/aromatic N) is 2. The van der Waals surface area contributed by atoms with Gasteiger partial charge in [0.25, 0.3) is 5.56 Å². The molecule has 2 rings (SSSR count). The monoisotopic (exact) mass is 258 g/mol. The topological polar surface area (TPSA) is 70.2 Å². The van der Waals surface area contributed by atoms with Crippen LogP contribution in [0.3, 0.4) is 0 Å². The van der Waals surface area contributed by atoms with Crippen LogP contribution in [0, 0.1) is 0 Å². The van der Waals surface area contributed by atoms with E-state index in [1.54, 1.807) is 0 Å². The Morgan fingerprint density at radius 1 is 1.76 bits per heavy atom. The standard InChI is InChI=1S/C10H15ClN4O2/c1-12-4-7-5-15(2-3-17-7)9-8(11)10(16)14-6-13-9/h6-7,12H,2-5H2,1H3,(H,13,14,16). The second kappa shape index (κ2) is 5.48. The minimum absolute atomic E-state index is 0.0888. The average Bonchev–Trinajstić information content (AvgIpc) is 2.33. The number of likely N-dealkylation sites (N-methyl/N-ethyl adjacent to an activating group) is 1. The third-order valence-corrected chi connectivity index (χ3v) is 2.99. The van der Waals surface area contributed by atoms with Gasteiger partial charge in [0.2, 0.25) is 0 Å². The highest BCUT2D eigenvalue weighted by Crippen LogP contribution is 2.20. The Morgan fingerprint density at radius 3 is 3.35 bits per heavy atom. The molecule has 0 aliphatic carbocycles. The molecule has 1 atom stereocenters. The van der Waals surface area contributed by atoms with Gasteiger partial charge in [0.15, 0.2) is 5.82 Å². The third kappa shape index (κ3) is 2.77. The van der Waals surface area contributed by atoms with Crippen molar-refractivity contribution in [2.75, 3.05) is 38.2 Å². The van der Waals surface area contributed by atoms with Gasteiger partial charge in [0, 0.05) is 19.6 Å². The summed E-state index contributed by atoms with van der Waals surface area (Å²) in [5.41, 5.74) is -0.312. The van der Waals surface area contributed by atoms with Gasteiger partial charge >= 0.3 is 0 Å². The van der Waals surface area contributed by atoms with Gasteiger partial charge in [-0.3, -0.25) is 4.79 Å². The summed E-state index contributed by atoms with van der Waals surface area (Å²) in [5, 5.41) is 3.20. The zero-order valence-electron chi connectivity index (χ0n) is 9.57. The van der Waals surface area contributed by atoms with Gasteiger partial charge in [-0.2, -0.15) is 0 Å². The van der Waals surface area contributed by atoms with Gasteiger partial charge < -0.3 is 19.9 Å². The van der Waals surface area contributed by atoms with E-state index in [0.29, 0.717) is 25.5 Å². The van der Waals surface area contributed by atoms with E-state index < -0.39 is 0 Å². The third-order valence-electron chi connectivity index (χ3n) is 2.65. The molecule has 6 nitrogen and oxygen atoms in total. The van der Waals surface area contributed by atoms with Crippen LogP contribution >= 0.6 is 11.6 Å². The normalized spacial score (nSPS) is 20.6. The molecule has 1 saturated heterocycles. The molecule has 17 heavy (non-hydrogen) atoms. The molecule has 1 aliphatic rings. The van der Waals surface area contributed by atoms with E-state index in [4.69, 9.17) is 16.3 Å². The highest BCUT2D eigenvalue weighted by molar-refractivity contribution is 6.32. The summed E-state index contributed by atoms with van der Waals surface area (Å²) in [5.74, 6) is 0.528. The summed E-state index contributed by atoms with van der Waals surface area (Å²) in [6.07, 6.45) is 1.46. The van der Waals surface area contributed by atoms with Crippen LogP contribution < -0.4 is 15.8 Å². The first-order chi connectivity index (χ1) is 8.22. The Hall–Kier alpha value is -1.11. The number of ether oxygens (including phenoxy) is 1. The van der Waals surface area contributed by atoms with Crippen LogP contribution in [0.1, 0.15) is 0 Å². The number of halogens is 1. The highest BCUT2D eigenvalue weighted by atomic mass is 35.5. The predicted molar refractivity (Wildman–Crippen MR) is 65.7 cm³/mol. The van der Waals surface area contributed by atoms with Gasteiger partial charge in [-0.1, -0.05) is 11.6 Å². The molecule has 0 saturated carbocycles. The van der Waals surface area contributed by atoms with Crippen molar-refractivity contribution in [2.24, 2.45) is 0 Å². The Bertz CT molecular complexity index is 435. The number of nitrogens with one attached hydrogen (secondary N) is 2.